The second kappa shape index (κ2) is 5.87. The summed E-state index contributed by atoms with van der Waals surface area (Å²) in [5.41, 5.74) is 0.896. The number of nitrogens with one attached hydrogen (secondary N) is 1. The molecule has 0 saturated carbocycles. The van der Waals surface area contributed by atoms with Gasteiger partial charge in [0.1, 0.15) is 5.82 Å². The van der Waals surface area contributed by atoms with Gasteiger partial charge in [0.25, 0.3) is 0 Å². The van der Waals surface area contributed by atoms with Gasteiger partial charge in [0.05, 0.1) is 11.7 Å². The van der Waals surface area contributed by atoms with E-state index in [2.05, 4.69) is 15.1 Å². The zero-order chi connectivity index (χ0) is 15.9. The van der Waals surface area contributed by atoms with E-state index in [0.717, 1.165) is 57.4 Å². The van der Waals surface area contributed by atoms with E-state index >= 15 is 0 Å². The van der Waals surface area contributed by atoms with E-state index in [4.69, 9.17) is 0 Å². The van der Waals surface area contributed by atoms with Crippen LogP contribution in [-0.2, 0) is 11.3 Å². The quantitative estimate of drug-likeness (QED) is 0.907. The fraction of sp³-hybridized carbons (Fsp3) is 0.611. The molecule has 3 heterocycles. The molecule has 0 unspecified atom stereocenters. The third kappa shape index (κ3) is 2.76. The lowest BCUT2D eigenvalue weighted by Crippen LogP contribution is -2.59. The molecule has 0 aromatic heterocycles. The summed E-state index contributed by atoms with van der Waals surface area (Å²) < 4.78 is 13.3. The number of piperidine rings is 2. The molecular weight excluding hydrogens is 293 g/mol. The van der Waals surface area contributed by atoms with Gasteiger partial charge in [-0.3, -0.25) is 14.6 Å². The zero-order valence-electron chi connectivity index (χ0n) is 13.4. The maximum absolute atomic E-state index is 13.3. The topological polar surface area (TPSA) is 35.6 Å². The Morgan fingerprint density at radius 1 is 1.22 bits per heavy atom. The molecule has 1 amide bonds. The number of nitrogens with zero attached hydrogens (tertiary/aromatic N) is 2. The maximum atomic E-state index is 13.3. The van der Waals surface area contributed by atoms with Crippen LogP contribution >= 0.6 is 0 Å². The highest BCUT2D eigenvalue weighted by atomic mass is 19.1. The number of likely N-dealkylation sites (tertiary alicyclic amines) is 1. The predicted molar refractivity (Wildman–Crippen MR) is 86.1 cm³/mol. The number of fused-ring (bicyclic) bond motifs is 2. The van der Waals surface area contributed by atoms with Crippen molar-refractivity contribution in [3.05, 3.63) is 35.6 Å². The summed E-state index contributed by atoms with van der Waals surface area (Å²) in [5, 5.41) is 3.31. The second-order valence-electron chi connectivity index (χ2n) is 7.13. The minimum Gasteiger partial charge on any atom is -0.336 e. The molecule has 0 radical (unpaired) electrons. The van der Waals surface area contributed by atoms with Crippen LogP contribution in [0.4, 0.5) is 4.39 Å². The number of carbonyl (C=O) groups excluding carboxylic acids is 1. The van der Waals surface area contributed by atoms with E-state index in [0.29, 0.717) is 0 Å². The van der Waals surface area contributed by atoms with E-state index < -0.39 is 0 Å². The van der Waals surface area contributed by atoms with E-state index in [1.54, 1.807) is 12.1 Å². The molecule has 4 nitrogen and oxygen atoms in total. The summed E-state index contributed by atoms with van der Waals surface area (Å²) in [6, 6.07) is 6.94. The molecule has 1 atom stereocenters. The smallest absolute Gasteiger partial charge is 0.238 e. The molecule has 1 spiro atoms. The van der Waals surface area contributed by atoms with Gasteiger partial charge in [-0.2, -0.15) is 0 Å². The average molecular weight is 317 g/mol. The summed E-state index contributed by atoms with van der Waals surface area (Å²) in [6.45, 7) is 3.71. The number of carbonyl (C=O) groups is 1. The molecule has 1 N–H and O–H groups in total. The normalized spacial score (nSPS) is 27.9. The molecule has 124 valence electrons. The Kier molecular flexibility index (Phi) is 3.85. The fourth-order valence-corrected chi connectivity index (χ4v) is 4.49. The van der Waals surface area contributed by atoms with Gasteiger partial charge in [0, 0.05) is 26.2 Å². The Bertz CT molecular complexity index is 598. The summed E-state index contributed by atoms with van der Waals surface area (Å²) in [7, 11) is 0. The molecular formula is C18H24FN3O. The first kappa shape index (κ1) is 15.1. The Morgan fingerprint density at radius 2 is 2.04 bits per heavy atom. The van der Waals surface area contributed by atoms with Gasteiger partial charge in [-0.1, -0.05) is 18.6 Å². The minimum absolute atomic E-state index is 0.0959. The third-order valence-electron chi connectivity index (χ3n) is 5.69. The first-order chi connectivity index (χ1) is 11.2. The second-order valence-corrected chi connectivity index (χ2v) is 7.13. The average Bonchev–Trinajstić information content (AvgIpc) is 2.83. The van der Waals surface area contributed by atoms with Crippen LogP contribution in [0.3, 0.4) is 0 Å². The molecule has 0 aliphatic carbocycles. The number of hydrogen-bond acceptors (Lipinski definition) is 3. The lowest BCUT2D eigenvalue weighted by Gasteiger charge is -2.46. The standard InChI is InChI=1S/C18H24FN3O/c19-15-5-3-4-14(12-15)13-21-10-7-18(8-11-21)20-17(23)16-6-1-2-9-22(16)18/h3-5,12,16H,1-2,6-11,13H2,(H,20,23)/t16-/m0/s1. The van der Waals surface area contributed by atoms with Crippen molar-refractivity contribution < 1.29 is 9.18 Å². The predicted octanol–water partition coefficient (Wildman–Crippen LogP) is 2.10. The van der Waals surface area contributed by atoms with Crippen molar-refractivity contribution in [3.63, 3.8) is 0 Å². The van der Waals surface area contributed by atoms with Crippen LogP contribution < -0.4 is 5.32 Å². The van der Waals surface area contributed by atoms with Gasteiger partial charge in [-0.05, 0) is 43.4 Å². The van der Waals surface area contributed by atoms with Crippen LogP contribution in [0, 0.1) is 5.82 Å². The molecule has 3 aliphatic heterocycles. The lowest BCUT2D eigenvalue weighted by molar-refractivity contribution is -0.122. The van der Waals surface area contributed by atoms with Crippen LogP contribution in [0.2, 0.25) is 0 Å². The number of rotatable bonds is 2. The Hall–Kier alpha value is -1.46. The van der Waals surface area contributed by atoms with E-state index in [1.807, 2.05) is 6.07 Å². The van der Waals surface area contributed by atoms with Crippen LogP contribution in [0.5, 0.6) is 0 Å². The minimum atomic E-state index is -0.171. The lowest BCUT2D eigenvalue weighted by atomic mass is 9.93. The fourth-order valence-electron chi connectivity index (χ4n) is 4.49. The van der Waals surface area contributed by atoms with Crippen LogP contribution in [0.1, 0.15) is 37.7 Å². The molecule has 5 heteroatoms. The number of amides is 1. The highest BCUT2D eigenvalue weighted by molar-refractivity contribution is 5.85. The zero-order valence-corrected chi connectivity index (χ0v) is 13.4. The van der Waals surface area contributed by atoms with Crippen molar-refractivity contribution in [2.45, 2.75) is 50.4 Å². The van der Waals surface area contributed by atoms with Gasteiger partial charge in [0.2, 0.25) is 5.91 Å². The number of halogens is 1. The van der Waals surface area contributed by atoms with Crippen molar-refractivity contribution in [1.29, 1.82) is 0 Å². The highest BCUT2D eigenvalue weighted by Gasteiger charge is 2.52. The largest absolute Gasteiger partial charge is 0.336 e. The van der Waals surface area contributed by atoms with Crippen LogP contribution in [0.25, 0.3) is 0 Å². The first-order valence-corrected chi connectivity index (χ1v) is 8.72. The molecule has 3 aliphatic rings. The Labute approximate surface area is 136 Å². The SMILES string of the molecule is O=C1NC2(CCN(Cc3cccc(F)c3)CC2)N2CCCC[C@@H]12. The molecule has 4 rings (SSSR count). The van der Waals surface area contributed by atoms with Crippen molar-refractivity contribution in [3.8, 4) is 0 Å². The third-order valence-corrected chi connectivity index (χ3v) is 5.69. The molecule has 3 saturated heterocycles. The highest BCUT2D eigenvalue weighted by Crippen LogP contribution is 2.37. The monoisotopic (exact) mass is 317 g/mol. The van der Waals surface area contributed by atoms with Gasteiger partial charge >= 0.3 is 0 Å². The Morgan fingerprint density at radius 3 is 2.83 bits per heavy atom. The molecule has 23 heavy (non-hydrogen) atoms. The van der Waals surface area contributed by atoms with Crippen molar-refractivity contribution >= 4 is 5.91 Å². The molecule has 1 aromatic carbocycles. The van der Waals surface area contributed by atoms with Crippen LogP contribution in [-0.4, -0.2) is 47.0 Å². The Balaban J connectivity index is 1.41. The van der Waals surface area contributed by atoms with Crippen molar-refractivity contribution in [1.82, 2.24) is 15.1 Å². The van der Waals surface area contributed by atoms with Crippen LogP contribution in [0.15, 0.2) is 24.3 Å². The molecule has 3 fully saturated rings. The van der Waals surface area contributed by atoms with Crippen molar-refractivity contribution in [2.75, 3.05) is 19.6 Å². The van der Waals surface area contributed by atoms with Gasteiger partial charge in [-0.15, -0.1) is 0 Å². The van der Waals surface area contributed by atoms with Gasteiger partial charge in [0.15, 0.2) is 0 Å². The van der Waals surface area contributed by atoms with Gasteiger partial charge < -0.3 is 5.32 Å². The summed E-state index contributed by atoms with van der Waals surface area (Å²) in [4.78, 5) is 17.1. The van der Waals surface area contributed by atoms with E-state index in [-0.39, 0.29) is 23.4 Å². The molecule has 1 aromatic rings. The molecule has 0 bridgehead atoms. The summed E-state index contributed by atoms with van der Waals surface area (Å²) >= 11 is 0. The van der Waals surface area contributed by atoms with Crippen molar-refractivity contribution in [2.24, 2.45) is 0 Å². The number of benzene rings is 1. The number of hydrogen-bond donors (Lipinski definition) is 1. The van der Waals surface area contributed by atoms with E-state index in [1.165, 1.54) is 12.5 Å². The summed E-state index contributed by atoms with van der Waals surface area (Å²) in [6.07, 6.45) is 5.28. The first-order valence-electron chi connectivity index (χ1n) is 8.72. The van der Waals surface area contributed by atoms with Gasteiger partial charge in [-0.25, -0.2) is 4.39 Å². The summed E-state index contributed by atoms with van der Waals surface area (Å²) in [5.74, 6) is 0.0541. The van der Waals surface area contributed by atoms with E-state index in [9.17, 15) is 9.18 Å². The maximum Gasteiger partial charge on any atom is 0.238 e.